The summed E-state index contributed by atoms with van der Waals surface area (Å²) < 4.78 is 2.59. The van der Waals surface area contributed by atoms with Crippen molar-refractivity contribution in [2.24, 2.45) is 13.0 Å². The summed E-state index contributed by atoms with van der Waals surface area (Å²) in [6, 6.07) is 1.76. The molecule has 0 radical (unpaired) electrons. The van der Waals surface area contributed by atoms with E-state index in [1.165, 1.54) is 0 Å². The average molecular weight is 315 g/mol. The topological polar surface area (TPSA) is 62.5 Å². The summed E-state index contributed by atoms with van der Waals surface area (Å²) in [5, 5.41) is 9.02. The lowest BCUT2D eigenvalue weighted by molar-refractivity contribution is -0.143. The highest BCUT2D eigenvalue weighted by atomic mass is 79.9. The molecule has 0 spiro atoms. The van der Waals surface area contributed by atoms with E-state index in [9.17, 15) is 9.59 Å². The van der Waals surface area contributed by atoms with Crippen LogP contribution in [0, 0.1) is 5.92 Å². The Morgan fingerprint density at radius 2 is 2.22 bits per heavy atom. The van der Waals surface area contributed by atoms with E-state index in [-0.39, 0.29) is 5.91 Å². The van der Waals surface area contributed by atoms with Crippen molar-refractivity contribution < 1.29 is 14.7 Å². The van der Waals surface area contributed by atoms with Crippen LogP contribution in [-0.2, 0) is 11.8 Å². The van der Waals surface area contributed by atoms with Gasteiger partial charge in [-0.3, -0.25) is 9.59 Å². The summed E-state index contributed by atoms with van der Waals surface area (Å²) in [7, 11) is 1.80. The quantitative estimate of drug-likeness (QED) is 0.904. The SMILES string of the molecule is Cn1cc(Br)cc1C(=O)N1CCC[C@@H](C(=O)O)C1. The highest BCUT2D eigenvalue weighted by Crippen LogP contribution is 2.21. The number of likely N-dealkylation sites (tertiary alicyclic amines) is 1. The number of aryl methyl sites for hydroxylation is 1. The van der Waals surface area contributed by atoms with Gasteiger partial charge in [0, 0.05) is 30.8 Å². The van der Waals surface area contributed by atoms with Crippen LogP contribution >= 0.6 is 15.9 Å². The van der Waals surface area contributed by atoms with Crippen LogP contribution in [0.3, 0.4) is 0 Å². The van der Waals surface area contributed by atoms with Gasteiger partial charge >= 0.3 is 5.97 Å². The molecule has 1 aromatic rings. The Labute approximate surface area is 114 Å². The third-order valence-corrected chi connectivity index (χ3v) is 3.68. The molecule has 2 heterocycles. The minimum atomic E-state index is -0.819. The highest BCUT2D eigenvalue weighted by molar-refractivity contribution is 9.10. The summed E-state index contributed by atoms with van der Waals surface area (Å²) in [4.78, 5) is 24.9. The van der Waals surface area contributed by atoms with E-state index in [4.69, 9.17) is 5.11 Å². The Morgan fingerprint density at radius 3 is 2.78 bits per heavy atom. The van der Waals surface area contributed by atoms with E-state index in [1.54, 1.807) is 22.6 Å². The minimum Gasteiger partial charge on any atom is -0.481 e. The van der Waals surface area contributed by atoms with Gasteiger partial charge in [-0.1, -0.05) is 0 Å². The van der Waals surface area contributed by atoms with Gasteiger partial charge < -0.3 is 14.6 Å². The maximum absolute atomic E-state index is 12.3. The predicted octanol–water partition coefficient (Wildman–Crippen LogP) is 1.72. The predicted molar refractivity (Wildman–Crippen MR) is 69.4 cm³/mol. The zero-order chi connectivity index (χ0) is 13.3. The van der Waals surface area contributed by atoms with Crippen LogP contribution in [0.4, 0.5) is 0 Å². The lowest BCUT2D eigenvalue weighted by Gasteiger charge is -2.30. The molecule has 18 heavy (non-hydrogen) atoms. The first-order valence-electron chi connectivity index (χ1n) is 5.83. The zero-order valence-corrected chi connectivity index (χ0v) is 11.7. The maximum atomic E-state index is 12.3. The molecular formula is C12H15BrN2O3. The summed E-state index contributed by atoms with van der Waals surface area (Å²) >= 11 is 3.32. The second kappa shape index (κ2) is 5.14. The van der Waals surface area contributed by atoms with Crippen molar-refractivity contribution in [1.29, 1.82) is 0 Å². The smallest absolute Gasteiger partial charge is 0.308 e. The molecule has 6 heteroatoms. The monoisotopic (exact) mass is 314 g/mol. The number of nitrogens with zero attached hydrogens (tertiary/aromatic N) is 2. The van der Waals surface area contributed by atoms with E-state index >= 15 is 0 Å². The molecule has 98 valence electrons. The third kappa shape index (κ3) is 2.58. The number of hydrogen-bond acceptors (Lipinski definition) is 2. The van der Waals surface area contributed by atoms with Crippen molar-refractivity contribution in [3.63, 3.8) is 0 Å². The molecule has 1 aliphatic rings. The van der Waals surface area contributed by atoms with Crippen LogP contribution in [0.25, 0.3) is 0 Å². The van der Waals surface area contributed by atoms with E-state index in [0.717, 1.165) is 10.9 Å². The van der Waals surface area contributed by atoms with Gasteiger partial charge in [0.25, 0.3) is 5.91 Å². The number of carboxylic acids is 1. The number of halogens is 1. The van der Waals surface area contributed by atoms with Gasteiger partial charge in [-0.2, -0.15) is 0 Å². The fourth-order valence-corrected chi connectivity index (χ4v) is 2.79. The molecule has 1 atom stereocenters. The molecule has 1 fully saturated rings. The number of carboxylic acid groups (broad SMARTS) is 1. The first-order valence-corrected chi connectivity index (χ1v) is 6.62. The second-order valence-electron chi connectivity index (χ2n) is 4.58. The van der Waals surface area contributed by atoms with Crippen molar-refractivity contribution >= 4 is 27.8 Å². The summed E-state index contributed by atoms with van der Waals surface area (Å²) in [5.41, 5.74) is 0.577. The van der Waals surface area contributed by atoms with E-state index < -0.39 is 11.9 Å². The molecule has 2 rings (SSSR count). The number of aromatic nitrogens is 1. The lowest BCUT2D eigenvalue weighted by atomic mass is 9.98. The summed E-state index contributed by atoms with van der Waals surface area (Å²) in [5.74, 6) is -1.36. The largest absolute Gasteiger partial charge is 0.481 e. The summed E-state index contributed by atoms with van der Waals surface area (Å²) in [6.45, 7) is 0.933. The number of carbonyl (C=O) groups excluding carboxylic acids is 1. The van der Waals surface area contributed by atoms with Gasteiger partial charge in [-0.25, -0.2) is 0 Å². The fraction of sp³-hybridized carbons (Fsp3) is 0.500. The Hall–Kier alpha value is -1.30. The molecule has 0 aromatic carbocycles. The summed E-state index contributed by atoms with van der Waals surface area (Å²) in [6.07, 6.45) is 3.20. The Bertz CT molecular complexity index is 484. The lowest BCUT2D eigenvalue weighted by Crippen LogP contribution is -2.42. The van der Waals surface area contributed by atoms with Crippen LogP contribution in [-0.4, -0.2) is 39.5 Å². The van der Waals surface area contributed by atoms with Crippen LogP contribution in [0.15, 0.2) is 16.7 Å². The zero-order valence-electron chi connectivity index (χ0n) is 10.1. The molecule has 0 aliphatic carbocycles. The van der Waals surface area contributed by atoms with Crippen LogP contribution < -0.4 is 0 Å². The van der Waals surface area contributed by atoms with Crippen LogP contribution in [0.2, 0.25) is 0 Å². The van der Waals surface area contributed by atoms with Gasteiger partial charge in [-0.15, -0.1) is 0 Å². The molecule has 1 aliphatic heterocycles. The Kier molecular flexibility index (Phi) is 3.75. The Balaban J connectivity index is 2.14. The molecule has 1 aromatic heterocycles. The maximum Gasteiger partial charge on any atom is 0.308 e. The molecule has 1 amide bonds. The first-order chi connectivity index (χ1) is 8.49. The number of amides is 1. The van der Waals surface area contributed by atoms with Crippen LogP contribution in [0.5, 0.6) is 0 Å². The number of hydrogen-bond donors (Lipinski definition) is 1. The molecule has 0 bridgehead atoms. The minimum absolute atomic E-state index is 0.103. The van der Waals surface area contributed by atoms with Crippen LogP contribution in [0.1, 0.15) is 23.3 Å². The highest BCUT2D eigenvalue weighted by Gasteiger charge is 2.29. The standard InChI is InChI=1S/C12H15BrN2O3/c1-14-7-9(13)5-10(14)11(16)15-4-2-3-8(6-15)12(17)18/h5,7-8H,2-4,6H2,1H3,(H,17,18)/t8-/m1/s1. The number of aliphatic carboxylic acids is 1. The van der Waals surface area contributed by atoms with Gasteiger partial charge in [0.1, 0.15) is 5.69 Å². The van der Waals surface area contributed by atoms with Crippen molar-refractivity contribution in [3.8, 4) is 0 Å². The number of carbonyl (C=O) groups is 2. The first kappa shape index (κ1) is 13.1. The van der Waals surface area contributed by atoms with Gasteiger partial charge in [-0.05, 0) is 34.8 Å². The molecule has 0 saturated carbocycles. The Morgan fingerprint density at radius 1 is 1.50 bits per heavy atom. The fourth-order valence-electron chi connectivity index (χ4n) is 2.26. The van der Waals surface area contributed by atoms with Crippen molar-refractivity contribution in [2.75, 3.05) is 13.1 Å². The average Bonchev–Trinajstić information content (AvgIpc) is 2.67. The molecule has 0 unspecified atom stereocenters. The van der Waals surface area contributed by atoms with E-state index in [2.05, 4.69) is 15.9 Å². The van der Waals surface area contributed by atoms with E-state index in [0.29, 0.717) is 25.2 Å². The second-order valence-corrected chi connectivity index (χ2v) is 5.50. The van der Waals surface area contributed by atoms with Crippen molar-refractivity contribution in [1.82, 2.24) is 9.47 Å². The van der Waals surface area contributed by atoms with Gasteiger partial charge in [0.2, 0.25) is 0 Å². The molecule has 5 nitrogen and oxygen atoms in total. The molecular weight excluding hydrogens is 300 g/mol. The molecule has 1 N–H and O–H groups in total. The van der Waals surface area contributed by atoms with Gasteiger partial charge in [0.15, 0.2) is 0 Å². The molecule has 1 saturated heterocycles. The van der Waals surface area contributed by atoms with E-state index in [1.807, 2.05) is 6.20 Å². The number of piperidine rings is 1. The number of rotatable bonds is 2. The normalized spacial score (nSPS) is 19.9. The van der Waals surface area contributed by atoms with Crippen molar-refractivity contribution in [3.05, 3.63) is 22.4 Å². The van der Waals surface area contributed by atoms with Crippen molar-refractivity contribution in [2.45, 2.75) is 12.8 Å². The third-order valence-electron chi connectivity index (χ3n) is 3.25. The van der Waals surface area contributed by atoms with Gasteiger partial charge in [0.05, 0.1) is 5.92 Å².